The van der Waals surface area contributed by atoms with E-state index in [2.05, 4.69) is 17.1 Å². The Balaban J connectivity index is 1.56. The van der Waals surface area contributed by atoms with Gasteiger partial charge in [-0.2, -0.15) is 0 Å². The fourth-order valence-corrected chi connectivity index (χ4v) is 3.73. The van der Waals surface area contributed by atoms with Crippen LogP contribution in [0.4, 0.5) is 0 Å². The van der Waals surface area contributed by atoms with Crippen LogP contribution in [0.1, 0.15) is 45.4 Å². The Morgan fingerprint density at radius 2 is 2.00 bits per heavy atom. The highest BCUT2D eigenvalue weighted by Crippen LogP contribution is 2.37. The van der Waals surface area contributed by atoms with Gasteiger partial charge in [-0.05, 0) is 70.4 Å². The predicted molar refractivity (Wildman–Crippen MR) is 67.5 cm³/mol. The van der Waals surface area contributed by atoms with Crippen molar-refractivity contribution in [2.24, 2.45) is 11.8 Å². The SMILES string of the molecule is CC(C1CC1)N1CCCC(C2CCCN2)C1. The van der Waals surface area contributed by atoms with E-state index >= 15 is 0 Å². The zero-order valence-corrected chi connectivity index (χ0v) is 10.6. The summed E-state index contributed by atoms with van der Waals surface area (Å²) < 4.78 is 0. The number of piperidine rings is 1. The summed E-state index contributed by atoms with van der Waals surface area (Å²) in [6.45, 7) is 6.46. The third-order valence-corrected chi connectivity index (χ3v) is 5.04. The van der Waals surface area contributed by atoms with Gasteiger partial charge in [-0.1, -0.05) is 0 Å². The zero-order valence-electron chi connectivity index (χ0n) is 10.6. The van der Waals surface area contributed by atoms with Crippen LogP contribution in [-0.2, 0) is 0 Å². The summed E-state index contributed by atoms with van der Waals surface area (Å²) >= 11 is 0. The van der Waals surface area contributed by atoms with E-state index in [0.29, 0.717) is 0 Å². The van der Waals surface area contributed by atoms with Gasteiger partial charge in [0.2, 0.25) is 0 Å². The maximum atomic E-state index is 3.70. The third kappa shape index (κ3) is 2.28. The standard InChI is InChI=1S/C14H26N2/c1-11(12-6-7-12)16-9-3-4-13(10-16)14-5-2-8-15-14/h11-15H,2-10H2,1H3. The average molecular weight is 222 g/mol. The molecular weight excluding hydrogens is 196 g/mol. The Kier molecular flexibility index (Phi) is 3.21. The molecule has 2 heterocycles. The molecule has 2 heteroatoms. The number of hydrogen-bond donors (Lipinski definition) is 1. The van der Waals surface area contributed by atoms with E-state index in [1.165, 1.54) is 58.2 Å². The minimum absolute atomic E-state index is 0.842. The van der Waals surface area contributed by atoms with Crippen LogP contribution in [0, 0.1) is 11.8 Å². The normalized spacial score (nSPS) is 38.8. The molecular formula is C14H26N2. The lowest BCUT2D eigenvalue weighted by molar-refractivity contribution is 0.104. The quantitative estimate of drug-likeness (QED) is 0.788. The van der Waals surface area contributed by atoms with Crippen molar-refractivity contribution >= 4 is 0 Å². The monoisotopic (exact) mass is 222 g/mol. The summed E-state index contributed by atoms with van der Waals surface area (Å²) in [5.74, 6) is 1.98. The highest BCUT2D eigenvalue weighted by Gasteiger charge is 2.36. The van der Waals surface area contributed by atoms with E-state index in [4.69, 9.17) is 0 Å². The van der Waals surface area contributed by atoms with Crippen LogP contribution in [0.25, 0.3) is 0 Å². The van der Waals surface area contributed by atoms with Crippen molar-refractivity contribution in [3.8, 4) is 0 Å². The molecule has 0 aromatic carbocycles. The molecule has 2 aliphatic heterocycles. The summed E-state index contributed by atoms with van der Waals surface area (Å²) in [7, 11) is 0. The molecule has 3 rings (SSSR count). The largest absolute Gasteiger partial charge is 0.314 e. The Morgan fingerprint density at radius 1 is 1.12 bits per heavy atom. The molecule has 0 aromatic heterocycles. The van der Waals surface area contributed by atoms with Gasteiger partial charge in [0.05, 0.1) is 0 Å². The van der Waals surface area contributed by atoms with Gasteiger partial charge in [0.25, 0.3) is 0 Å². The molecule has 3 fully saturated rings. The van der Waals surface area contributed by atoms with Gasteiger partial charge < -0.3 is 10.2 Å². The van der Waals surface area contributed by atoms with E-state index in [0.717, 1.165) is 23.9 Å². The van der Waals surface area contributed by atoms with E-state index in [1.807, 2.05) is 0 Å². The molecule has 2 saturated heterocycles. The lowest BCUT2D eigenvalue weighted by Crippen LogP contribution is -2.47. The summed E-state index contributed by atoms with van der Waals surface area (Å²) in [6.07, 6.45) is 8.70. The second-order valence-electron chi connectivity index (χ2n) is 6.18. The molecule has 3 unspecified atom stereocenters. The van der Waals surface area contributed by atoms with E-state index < -0.39 is 0 Å². The first kappa shape index (κ1) is 11.0. The zero-order chi connectivity index (χ0) is 11.0. The first-order chi connectivity index (χ1) is 7.84. The fraction of sp³-hybridized carbons (Fsp3) is 1.00. The van der Waals surface area contributed by atoms with E-state index in [1.54, 1.807) is 0 Å². The Labute approximate surface area is 99.8 Å². The Bertz CT molecular complexity index is 223. The van der Waals surface area contributed by atoms with Crippen molar-refractivity contribution in [1.29, 1.82) is 0 Å². The molecule has 3 aliphatic rings. The van der Waals surface area contributed by atoms with Crippen LogP contribution in [-0.4, -0.2) is 36.6 Å². The minimum Gasteiger partial charge on any atom is -0.314 e. The molecule has 92 valence electrons. The summed E-state index contributed by atoms with van der Waals surface area (Å²) in [5, 5.41) is 3.70. The Hall–Kier alpha value is -0.0800. The van der Waals surface area contributed by atoms with Gasteiger partial charge in [-0.15, -0.1) is 0 Å². The van der Waals surface area contributed by atoms with Gasteiger partial charge in [-0.25, -0.2) is 0 Å². The minimum atomic E-state index is 0.842. The highest BCUT2D eigenvalue weighted by atomic mass is 15.2. The van der Waals surface area contributed by atoms with Crippen LogP contribution >= 0.6 is 0 Å². The fourth-order valence-electron chi connectivity index (χ4n) is 3.73. The molecule has 3 atom stereocenters. The van der Waals surface area contributed by atoms with Crippen molar-refractivity contribution in [2.45, 2.75) is 57.5 Å². The predicted octanol–water partition coefficient (Wildman–Crippen LogP) is 2.25. The van der Waals surface area contributed by atoms with Gasteiger partial charge in [0, 0.05) is 18.6 Å². The van der Waals surface area contributed by atoms with Gasteiger partial charge in [0.1, 0.15) is 0 Å². The second kappa shape index (κ2) is 4.66. The van der Waals surface area contributed by atoms with Gasteiger partial charge in [0.15, 0.2) is 0 Å². The average Bonchev–Trinajstić information content (AvgIpc) is 3.03. The summed E-state index contributed by atoms with van der Waals surface area (Å²) in [6, 6.07) is 1.71. The molecule has 0 bridgehead atoms. The maximum absolute atomic E-state index is 3.70. The smallest absolute Gasteiger partial charge is 0.0108 e. The first-order valence-corrected chi connectivity index (χ1v) is 7.32. The molecule has 16 heavy (non-hydrogen) atoms. The Morgan fingerprint density at radius 3 is 2.69 bits per heavy atom. The lowest BCUT2D eigenvalue weighted by Gasteiger charge is -2.39. The van der Waals surface area contributed by atoms with Crippen molar-refractivity contribution in [3.63, 3.8) is 0 Å². The highest BCUT2D eigenvalue weighted by molar-refractivity contribution is 4.91. The number of rotatable bonds is 3. The molecule has 2 nitrogen and oxygen atoms in total. The first-order valence-electron chi connectivity index (χ1n) is 7.32. The molecule has 1 aliphatic carbocycles. The number of likely N-dealkylation sites (tertiary alicyclic amines) is 1. The molecule has 0 radical (unpaired) electrons. The molecule has 1 saturated carbocycles. The van der Waals surface area contributed by atoms with Gasteiger partial charge in [-0.3, -0.25) is 0 Å². The number of nitrogens with zero attached hydrogens (tertiary/aromatic N) is 1. The van der Waals surface area contributed by atoms with Crippen LogP contribution in [0.15, 0.2) is 0 Å². The van der Waals surface area contributed by atoms with Crippen LogP contribution < -0.4 is 5.32 Å². The number of hydrogen-bond acceptors (Lipinski definition) is 2. The molecule has 0 amide bonds. The van der Waals surface area contributed by atoms with Crippen molar-refractivity contribution < 1.29 is 0 Å². The van der Waals surface area contributed by atoms with Gasteiger partial charge >= 0.3 is 0 Å². The third-order valence-electron chi connectivity index (χ3n) is 5.04. The van der Waals surface area contributed by atoms with Crippen molar-refractivity contribution in [2.75, 3.05) is 19.6 Å². The lowest BCUT2D eigenvalue weighted by atomic mass is 9.89. The van der Waals surface area contributed by atoms with Crippen LogP contribution in [0.3, 0.4) is 0 Å². The van der Waals surface area contributed by atoms with Crippen LogP contribution in [0.2, 0.25) is 0 Å². The second-order valence-corrected chi connectivity index (χ2v) is 6.18. The summed E-state index contributed by atoms with van der Waals surface area (Å²) in [4.78, 5) is 2.78. The van der Waals surface area contributed by atoms with E-state index in [-0.39, 0.29) is 0 Å². The van der Waals surface area contributed by atoms with Crippen molar-refractivity contribution in [3.05, 3.63) is 0 Å². The van der Waals surface area contributed by atoms with Crippen LogP contribution in [0.5, 0.6) is 0 Å². The maximum Gasteiger partial charge on any atom is 0.0108 e. The van der Waals surface area contributed by atoms with Crippen molar-refractivity contribution in [1.82, 2.24) is 10.2 Å². The molecule has 1 N–H and O–H groups in total. The number of nitrogens with one attached hydrogen (secondary N) is 1. The summed E-state index contributed by atoms with van der Waals surface area (Å²) in [5.41, 5.74) is 0. The molecule has 0 aromatic rings. The molecule has 0 spiro atoms. The van der Waals surface area contributed by atoms with E-state index in [9.17, 15) is 0 Å². The topological polar surface area (TPSA) is 15.3 Å².